The van der Waals surface area contributed by atoms with E-state index in [1.165, 1.54) is 24.3 Å². The fraction of sp³-hybridized carbons (Fsp3) is 0.222. The Morgan fingerprint density at radius 1 is 1.40 bits per heavy atom. The van der Waals surface area contributed by atoms with E-state index in [0.717, 1.165) is 0 Å². The van der Waals surface area contributed by atoms with Gasteiger partial charge in [0.15, 0.2) is 0 Å². The predicted molar refractivity (Wildman–Crippen MR) is 49.6 cm³/mol. The number of carbonyl (C=O) groups excluding carboxylic acids is 1. The van der Waals surface area contributed by atoms with Crippen LogP contribution in [-0.4, -0.2) is 21.3 Å². The molecule has 0 saturated heterocycles. The molecule has 4 nitrogen and oxygen atoms in total. The molecule has 15 heavy (non-hydrogen) atoms. The molecule has 0 aliphatic rings. The first-order valence-corrected chi connectivity index (χ1v) is 5.09. The molecule has 0 spiro atoms. The second kappa shape index (κ2) is 7.14. The molecule has 0 aliphatic heterocycles. The normalized spacial score (nSPS) is 11.3. The summed E-state index contributed by atoms with van der Waals surface area (Å²) >= 11 is -2.26. The van der Waals surface area contributed by atoms with Crippen LogP contribution >= 0.6 is 0 Å². The minimum absolute atomic E-state index is 0. The quantitative estimate of drug-likeness (QED) is 0.349. The first-order valence-electron chi connectivity index (χ1n) is 4.01. The van der Waals surface area contributed by atoms with Gasteiger partial charge >= 0.3 is 35.5 Å². The van der Waals surface area contributed by atoms with Crippen LogP contribution in [0, 0.1) is 0 Å². The second-order valence-electron chi connectivity index (χ2n) is 2.48. The molecule has 6 heteroatoms. The SMILES string of the molecule is CCOC(=O)c1ccc(S(=O)[O-])cc1.[Na+]. The van der Waals surface area contributed by atoms with Gasteiger partial charge in [0.25, 0.3) is 0 Å². The molecule has 1 aromatic carbocycles. The number of hydrogen-bond donors (Lipinski definition) is 0. The van der Waals surface area contributed by atoms with Gasteiger partial charge < -0.3 is 9.29 Å². The molecule has 0 heterocycles. The molecular weight excluding hydrogens is 227 g/mol. The fourth-order valence-corrected chi connectivity index (χ4v) is 1.27. The van der Waals surface area contributed by atoms with Crippen molar-refractivity contribution in [3.8, 4) is 0 Å². The molecule has 1 aromatic rings. The van der Waals surface area contributed by atoms with E-state index in [1.807, 2.05) is 0 Å². The average molecular weight is 236 g/mol. The third-order valence-electron chi connectivity index (χ3n) is 1.56. The Kier molecular flexibility index (Phi) is 7.04. The molecule has 1 atom stereocenters. The largest absolute Gasteiger partial charge is 1.00 e. The van der Waals surface area contributed by atoms with E-state index in [-0.39, 0.29) is 34.5 Å². The molecule has 0 fully saturated rings. The van der Waals surface area contributed by atoms with Gasteiger partial charge in [0.05, 0.1) is 12.2 Å². The van der Waals surface area contributed by atoms with Crippen molar-refractivity contribution in [3.63, 3.8) is 0 Å². The Hall–Kier alpha value is -0.200. The van der Waals surface area contributed by atoms with Crippen molar-refractivity contribution in [2.75, 3.05) is 6.61 Å². The summed E-state index contributed by atoms with van der Waals surface area (Å²) < 4.78 is 25.7. The monoisotopic (exact) mass is 236 g/mol. The average Bonchev–Trinajstić information content (AvgIpc) is 2.18. The van der Waals surface area contributed by atoms with Crippen molar-refractivity contribution in [3.05, 3.63) is 29.8 Å². The number of carbonyl (C=O) groups is 1. The molecule has 0 amide bonds. The van der Waals surface area contributed by atoms with Crippen molar-refractivity contribution >= 4 is 17.0 Å². The molecule has 0 aliphatic carbocycles. The van der Waals surface area contributed by atoms with Gasteiger partial charge in [-0.25, -0.2) is 4.79 Å². The van der Waals surface area contributed by atoms with Crippen LogP contribution in [0.3, 0.4) is 0 Å². The first-order chi connectivity index (χ1) is 6.65. The summed E-state index contributed by atoms with van der Waals surface area (Å²) in [6.45, 7) is 2.01. The van der Waals surface area contributed by atoms with E-state index < -0.39 is 17.0 Å². The Morgan fingerprint density at radius 2 is 1.93 bits per heavy atom. The van der Waals surface area contributed by atoms with Gasteiger partial charge in [-0.1, -0.05) is 0 Å². The molecule has 76 valence electrons. The molecular formula is C9H9NaO4S. The summed E-state index contributed by atoms with van der Waals surface area (Å²) in [5, 5.41) is 0. The number of benzene rings is 1. The van der Waals surface area contributed by atoms with Gasteiger partial charge in [-0.3, -0.25) is 4.21 Å². The van der Waals surface area contributed by atoms with E-state index in [4.69, 9.17) is 4.74 Å². The van der Waals surface area contributed by atoms with Crippen molar-refractivity contribution in [2.45, 2.75) is 11.8 Å². The van der Waals surface area contributed by atoms with Crippen LogP contribution in [0.25, 0.3) is 0 Å². The third kappa shape index (κ3) is 4.44. The zero-order valence-corrected chi connectivity index (χ0v) is 11.4. The maximum Gasteiger partial charge on any atom is 1.00 e. The summed E-state index contributed by atoms with van der Waals surface area (Å²) in [4.78, 5) is 11.3. The van der Waals surface area contributed by atoms with Crippen molar-refractivity contribution in [1.29, 1.82) is 0 Å². The molecule has 1 unspecified atom stereocenters. The van der Waals surface area contributed by atoms with E-state index in [1.54, 1.807) is 6.92 Å². The molecule has 0 aromatic heterocycles. The van der Waals surface area contributed by atoms with Crippen LogP contribution in [0.4, 0.5) is 0 Å². The summed E-state index contributed by atoms with van der Waals surface area (Å²) in [5.41, 5.74) is 0.348. The van der Waals surface area contributed by atoms with Gasteiger partial charge in [0.1, 0.15) is 0 Å². The topological polar surface area (TPSA) is 66.4 Å². The van der Waals surface area contributed by atoms with Crippen LogP contribution in [0.15, 0.2) is 29.2 Å². The molecule has 1 rings (SSSR count). The number of ether oxygens (including phenoxy) is 1. The van der Waals surface area contributed by atoms with E-state index >= 15 is 0 Å². The Bertz CT molecular complexity index is 350. The smallest absolute Gasteiger partial charge is 0.768 e. The van der Waals surface area contributed by atoms with Crippen molar-refractivity contribution in [2.24, 2.45) is 0 Å². The van der Waals surface area contributed by atoms with Gasteiger partial charge in [0.2, 0.25) is 0 Å². The number of esters is 1. The van der Waals surface area contributed by atoms with Crippen LogP contribution < -0.4 is 29.6 Å². The summed E-state index contributed by atoms with van der Waals surface area (Å²) in [5.74, 6) is -0.448. The van der Waals surface area contributed by atoms with Gasteiger partial charge in [-0.05, 0) is 42.3 Å². The van der Waals surface area contributed by atoms with Crippen molar-refractivity contribution in [1.82, 2.24) is 0 Å². The van der Waals surface area contributed by atoms with E-state index in [9.17, 15) is 13.6 Å². The predicted octanol–water partition coefficient (Wildman–Crippen LogP) is -1.89. The fourth-order valence-electron chi connectivity index (χ4n) is 0.917. The van der Waals surface area contributed by atoms with Crippen LogP contribution in [0.5, 0.6) is 0 Å². The zero-order chi connectivity index (χ0) is 10.6. The summed E-state index contributed by atoms with van der Waals surface area (Å²) in [7, 11) is 0. The summed E-state index contributed by atoms with van der Waals surface area (Å²) in [6, 6.07) is 5.55. The molecule has 0 saturated carbocycles. The first kappa shape index (κ1) is 14.8. The standard InChI is InChI=1S/C9H10O4S.Na/c1-2-13-9(10)7-3-5-8(6-4-7)14(11)12;/h3-6H,2H2,1H3,(H,11,12);/q;+1/p-1. The molecule has 0 N–H and O–H groups in total. The zero-order valence-electron chi connectivity index (χ0n) is 8.56. The van der Waals surface area contributed by atoms with E-state index in [2.05, 4.69) is 0 Å². The molecule has 0 radical (unpaired) electrons. The minimum Gasteiger partial charge on any atom is -0.768 e. The van der Waals surface area contributed by atoms with E-state index in [0.29, 0.717) is 12.2 Å². The van der Waals surface area contributed by atoms with Crippen LogP contribution in [-0.2, 0) is 15.8 Å². The Morgan fingerprint density at radius 3 is 2.33 bits per heavy atom. The van der Waals surface area contributed by atoms with Crippen molar-refractivity contribution < 1.29 is 47.9 Å². The van der Waals surface area contributed by atoms with Gasteiger partial charge in [0, 0.05) is 4.90 Å². The van der Waals surface area contributed by atoms with Gasteiger partial charge in [-0.2, -0.15) is 0 Å². The Balaban J connectivity index is 0.00000196. The summed E-state index contributed by atoms with van der Waals surface area (Å²) in [6.07, 6.45) is 0. The second-order valence-corrected chi connectivity index (χ2v) is 3.42. The Labute approximate surface area is 113 Å². The maximum atomic E-state index is 11.1. The molecule has 0 bridgehead atoms. The maximum absolute atomic E-state index is 11.1. The number of rotatable bonds is 3. The van der Waals surface area contributed by atoms with Crippen LogP contribution in [0.1, 0.15) is 17.3 Å². The number of hydrogen-bond acceptors (Lipinski definition) is 4. The third-order valence-corrected chi connectivity index (χ3v) is 2.21. The van der Waals surface area contributed by atoms with Crippen LogP contribution in [0.2, 0.25) is 0 Å². The minimum atomic E-state index is -2.26. The van der Waals surface area contributed by atoms with Gasteiger partial charge in [-0.15, -0.1) is 0 Å².